The van der Waals surface area contributed by atoms with E-state index in [1.54, 1.807) is 0 Å². The number of terminal acetylenes is 1. The van der Waals surface area contributed by atoms with Crippen LogP contribution in [0.2, 0.25) is 0 Å². The molecule has 156 valence electrons. The Hall–Kier alpha value is -3.79. The number of alkyl carbamates (subject to hydrolysis) is 1. The molecule has 2 atom stereocenters. The third-order valence-electron chi connectivity index (χ3n) is 4.23. The van der Waals surface area contributed by atoms with Gasteiger partial charge >= 0.3 is 12.1 Å². The van der Waals surface area contributed by atoms with Gasteiger partial charge in [0.2, 0.25) is 5.91 Å². The Bertz CT molecular complexity index is 877. The Morgan fingerprint density at radius 2 is 1.53 bits per heavy atom. The molecule has 0 spiro atoms. The first-order valence-corrected chi connectivity index (χ1v) is 9.36. The molecule has 0 aliphatic rings. The number of methoxy groups -OCH3 is 1. The summed E-state index contributed by atoms with van der Waals surface area (Å²) in [6, 6.07) is 16.4. The number of ether oxygens (including phenoxy) is 2. The van der Waals surface area contributed by atoms with E-state index in [9.17, 15) is 14.4 Å². The van der Waals surface area contributed by atoms with Crippen LogP contribution in [0.25, 0.3) is 0 Å². The van der Waals surface area contributed by atoms with E-state index in [4.69, 9.17) is 11.2 Å². The Morgan fingerprint density at radius 1 is 0.933 bits per heavy atom. The number of carbonyl (C=O) groups excluding carboxylic acids is 3. The summed E-state index contributed by atoms with van der Waals surface area (Å²) in [7, 11) is 1.21. The van der Waals surface area contributed by atoms with E-state index in [2.05, 4.69) is 21.3 Å². The first kappa shape index (κ1) is 22.5. The van der Waals surface area contributed by atoms with Crippen LogP contribution in [-0.4, -0.2) is 37.2 Å². The van der Waals surface area contributed by atoms with Crippen molar-refractivity contribution in [2.45, 2.75) is 31.5 Å². The number of amides is 2. The third-order valence-corrected chi connectivity index (χ3v) is 4.23. The van der Waals surface area contributed by atoms with Gasteiger partial charge in [-0.25, -0.2) is 9.59 Å². The maximum atomic E-state index is 12.8. The molecule has 2 aromatic carbocycles. The lowest BCUT2D eigenvalue weighted by molar-refractivity contribution is -0.145. The molecule has 0 saturated carbocycles. The van der Waals surface area contributed by atoms with Gasteiger partial charge in [0.15, 0.2) is 0 Å². The molecule has 7 nitrogen and oxygen atoms in total. The van der Waals surface area contributed by atoms with E-state index in [1.807, 2.05) is 60.7 Å². The fourth-order valence-corrected chi connectivity index (χ4v) is 2.69. The predicted molar refractivity (Wildman–Crippen MR) is 111 cm³/mol. The normalized spacial score (nSPS) is 12.0. The molecule has 2 rings (SSSR count). The summed E-state index contributed by atoms with van der Waals surface area (Å²) >= 11 is 0. The van der Waals surface area contributed by atoms with E-state index in [-0.39, 0.29) is 19.4 Å². The number of nitrogens with one attached hydrogen (secondary N) is 2. The maximum absolute atomic E-state index is 12.8. The van der Waals surface area contributed by atoms with Crippen molar-refractivity contribution in [2.24, 2.45) is 0 Å². The van der Waals surface area contributed by atoms with E-state index >= 15 is 0 Å². The average Bonchev–Trinajstić information content (AvgIpc) is 2.77. The van der Waals surface area contributed by atoms with Gasteiger partial charge < -0.3 is 20.1 Å². The van der Waals surface area contributed by atoms with Crippen LogP contribution in [0.4, 0.5) is 4.79 Å². The minimum atomic E-state index is -1.01. The smallest absolute Gasteiger partial charge is 0.408 e. The van der Waals surface area contributed by atoms with Crippen molar-refractivity contribution >= 4 is 18.0 Å². The standard InChI is InChI=1S/C23H24N2O5/c1-3-10-19(22(27)29-2)24-21(26)20(15-17-11-6-4-7-12-17)25-23(28)30-16-18-13-8-5-9-14-18/h1,4-9,11-14,19-20H,10,15-16H2,2H3,(H,24,26)(H,25,28)/t19-,20+/m0/s1. The van der Waals surface area contributed by atoms with Crippen LogP contribution in [0, 0.1) is 12.3 Å². The van der Waals surface area contributed by atoms with Gasteiger partial charge in [0.25, 0.3) is 0 Å². The number of hydrogen-bond acceptors (Lipinski definition) is 5. The molecular formula is C23H24N2O5. The van der Waals surface area contributed by atoms with Crippen LogP contribution in [-0.2, 0) is 32.1 Å². The molecule has 0 unspecified atom stereocenters. The Labute approximate surface area is 175 Å². The molecule has 0 aromatic heterocycles. The minimum absolute atomic E-state index is 0.0328. The monoisotopic (exact) mass is 408 g/mol. The van der Waals surface area contributed by atoms with Gasteiger partial charge in [0, 0.05) is 12.8 Å². The zero-order valence-corrected chi connectivity index (χ0v) is 16.7. The second-order valence-corrected chi connectivity index (χ2v) is 6.44. The van der Waals surface area contributed by atoms with Gasteiger partial charge in [-0.2, -0.15) is 0 Å². The third kappa shape index (κ3) is 7.32. The SMILES string of the molecule is C#CC[C@H](NC(=O)[C@@H](Cc1ccccc1)NC(=O)OCc1ccccc1)C(=O)OC. The second kappa shape index (κ2) is 11.9. The van der Waals surface area contributed by atoms with Crippen LogP contribution in [0.3, 0.4) is 0 Å². The van der Waals surface area contributed by atoms with E-state index in [0.717, 1.165) is 11.1 Å². The highest BCUT2D eigenvalue weighted by Gasteiger charge is 2.27. The van der Waals surface area contributed by atoms with Crippen LogP contribution in [0.1, 0.15) is 17.5 Å². The quantitative estimate of drug-likeness (QED) is 0.490. The van der Waals surface area contributed by atoms with Crippen LogP contribution >= 0.6 is 0 Å². The van der Waals surface area contributed by atoms with Crippen LogP contribution in [0.5, 0.6) is 0 Å². The van der Waals surface area contributed by atoms with Gasteiger partial charge in [-0.05, 0) is 11.1 Å². The molecule has 0 bridgehead atoms. The number of esters is 1. The summed E-state index contributed by atoms with van der Waals surface area (Å²) in [4.78, 5) is 36.9. The summed E-state index contributed by atoms with van der Waals surface area (Å²) in [5.41, 5.74) is 1.64. The van der Waals surface area contributed by atoms with Gasteiger partial charge in [-0.3, -0.25) is 4.79 Å². The Balaban J connectivity index is 2.07. The second-order valence-electron chi connectivity index (χ2n) is 6.44. The van der Waals surface area contributed by atoms with Crippen LogP contribution in [0.15, 0.2) is 60.7 Å². The van der Waals surface area contributed by atoms with Crippen molar-refractivity contribution in [3.8, 4) is 12.3 Å². The molecule has 0 aliphatic heterocycles. The van der Waals surface area contributed by atoms with Gasteiger partial charge in [-0.1, -0.05) is 60.7 Å². The predicted octanol–water partition coefficient (Wildman–Crippen LogP) is 2.21. The Kier molecular flexibility index (Phi) is 8.94. The molecule has 0 fully saturated rings. The van der Waals surface area contributed by atoms with Crippen molar-refractivity contribution < 1.29 is 23.9 Å². The molecule has 2 amide bonds. The zero-order chi connectivity index (χ0) is 21.8. The number of rotatable bonds is 9. The van der Waals surface area contributed by atoms with Crippen molar-refractivity contribution in [3.05, 3.63) is 71.8 Å². The highest BCUT2D eigenvalue weighted by Crippen LogP contribution is 2.06. The summed E-state index contributed by atoms with van der Waals surface area (Å²) in [5, 5.41) is 5.10. The van der Waals surface area contributed by atoms with Gasteiger partial charge in [-0.15, -0.1) is 12.3 Å². The molecule has 2 aromatic rings. The van der Waals surface area contributed by atoms with Crippen molar-refractivity contribution in [1.29, 1.82) is 0 Å². The van der Waals surface area contributed by atoms with E-state index < -0.39 is 30.1 Å². The number of benzene rings is 2. The Morgan fingerprint density at radius 3 is 2.10 bits per heavy atom. The average molecular weight is 408 g/mol. The molecule has 0 saturated heterocycles. The summed E-state index contributed by atoms with van der Waals surface area (Å²) < 4.78 is 9.88. The highest BCUT2D eigenvalue weighted by atomic mass is 16.5. The topological polar surface area (TPSA) is 93.7 Å². The molecule has 0 heterocycles. The molecular weight excluding hydrogens is 384 g/mol. The lowest BCUT2D eigenvalue weighted by Gasteiger charge is -2.21. The highest BCUT2D eigenvalue weighted by molar-refractivity contribution is 5.90. The largest absolute Gasteiger partial charge is 0.467 e. The lowest BCUT2D eigenvalue weighted by Crippen LogP contribution is -2.52. The van der Waals surface area contributed by atoms with Crippen molar-refractivity contribution in [3.63, 3.8) is 0 Å². The van der Waals surface area contributed by atoms with Crippen molar-refractivity contribution in [1.82, 2.24) is 10.6 Å². The minimum Gasteiger partial charge on any atom is -0.467 e. The summed E-state index contributed by atoms with van der Waals surface area (Å²) in [6.07, 6.45) is 4.70. The first-order chi connectivity index (χ1) is 14.5. The van der Waals surface area contributed by atoms with E-state index in [0.29, 0.717) is 0 Å². The maximum Gasteiger partial charge on any atom is 0.408 e. The first-order valence-electron chi connectivity index (χ1n) is 9.36. The summed E-state index contributed by atoms with van der Waals surface area (Å²) in [5.74, 6) is 1.10. The molecule has 0 aliphatic carbocycles. The molecule has 30 heavy (non-hydrogen) atoms. The molecule has 0 radical (unpaired) electrons. The van der Waals surface area contributed by atoms with E-state index in [1.165, 1.54) is 7.11 Å². The number of hydrogen-bond donors (Lipinski definition) is 2. The van der Waals surface area contributed by atoms with Gasteiger partial charge in [0.05, 0.1) is 7.11 Å². The van der Waals surface area contributed by atoms with Gasteiger partial charge in [0.1, 0.15) is 18.7 Å². The number of carbonyl (C=O) groups is 3. The lowest BCUT2D eigenvalue weighted by atomic mass is 10.0. The van der Waals surface area contributed by atoms with Crippen molar-refractivity contribution in [2.75, 3.05) is 7.11 Å². The fraction of sp³-hybridized carbons (Fsp3) is 0.261. The molecule has 2 N–H and O–H groups in total. The zero-order valence-electron chi connectivity index (χ0n) is 16.7. The summed E-state index contributed by atoms with van der Waals surface area (Å²) in [6.45, 7) is 0.0637. The fourth-order valence-electron chi connectivity index (χ4n) is 2.69. The molecule has 7 heteroatoms. The van der Waals surface area contributed by atoms with Crippen LogP contribution < -0.4 is 10.6 Å².